The minimum absolute atomic E-state index is 0.00331. The molecule has 0 aliphatic carbocycles. The van der Waals surface area contributed by atoms with Gasteiger partial charge in [0, 0.05) is 56.5 Å². The number of aromatic nitrogens is 4. The van der Waals surface area contributed by atoms with E-state index < -0.39 is 15.6 Å². The number of anilines is 1. The first-order valence-corrected chi connectivity index (χ1v) is 14.7. The number of hydrogen-bond donors (Lipinski definition) is 0. The van der Waals surface area contributed by atoms with Gasteiger partial charge in [-0.3, -0.25) is 14.2 Å². The summed E-state index contributed by atoms with van der Waals surface area (Å²) in [5, 5.41) is 0.0620. The number of nitrogens with zero attached hydrogens (tertiary/aromatic N) is 7. The van der Waals surface area contributed by atoms with E-state index in [1.807, 2.05) is 4.90 Å². The molecule has 2 atom stereocenters. The molecule has 0 saturated carbocycles. The largest absolute Gasteiger partial charge is 0.341 e. The average molecular weight is 546 g/mol. The van der Waals surface area contributed by atoms with Crippen LogP contribution in [0.1, 0.15) is 25.1 Å². The fraction of sp³-hybridized carbons (Fsp3) is 0.542. The van der Waals surface area contributed by atoms with Gasteiger partial charge in [0.1, 0.15) is 16.3 Å². The quantitative estimate of drug-likeness (QED) is 0.474. The van der Waals surface area contributed by atoms with Crippen LogP contribution < -0.4 is 10.5 Å². The summed E-state index contributed by atoms with van der Waals surface area (Å²) in [5.41, 5.74) is -0.504. The molecule has 2 saturated heterocycles. The fourth-order valence-electron chi connectivity index (χ4n) is 5.36. The summed E-state index contributed by atoms with van der Waals surface area (Å²) >= 11 is 1.18. The second-order valence-corrected chi connectivity index (χ2v) is 13.1. The number of aryl methyl sites for hydroxylation is 1. The van der Waals surface area contributed by atoms with Crippen LogP contribution in [0.3, 0.4) is 0 Å². The summed E-state index contributed by atoms with van der Waals surface area (Å²) in [7, 11) is -3.96. The van der Waals surface area contributed by atoms with E-state index in [9.17, 15) is 18.0 Å². The number of fused-ring (bicyclic) bond motifs is 1. The molecule has 0 spiro atoms. The highest BCUT2D eigenvalue weighted by Crippen LogP contribution is 2.33. The Kier molecular flexibility index (Phi) is 7.03. The number of hydrogen-bond acceptors (Lipinski definition) is 9. The van der Waals surface area contributed by atoms with Gasteiger partial charge in [-0.25, -0.2) is 23.4 Å². The molecule has 1 amide bonds. The Morgan fingerprint density at radius 1 is 1.05 bits per heavy atom. The van der Waals surface area contributed by atoms with Crippen molar-refractivity contribution in [3.8, 4) is 0 Å². The average Bonchev–Trinajstić information content (AvgIpc) is 3.23. The summed E-state index contributed by atoms with van der Waals surface area (Å²) in [6, 6.07) is 1.73. The van der Waals surface area contributed by atoms with E-state index in [2.05, 4.69) is 28.8 Å². The van der Waals surface area contributed by atoms with E-state index in [1.54, 1.807) is 30.3 Å². The number of carbonyl (C=O) groups is 1. The minimum Gasteiger partial charge on any atom is -0.341 e. The highest BCUT2D eigenvalue weighted by molar-refractivity contribution is 7.89. The Bertz CT molecular complexity index is 1450. The van der Waals surface area contributed by atoms with Gasteiger partial charge in [-0.05, 0) is 31.2 Å². The van der Waals surface area contributed by atoms with E-state index in [4.69, 9.17) is 0 Å². The molecule has 11 nitrogen and oxygen atoms in total. The second kappa shape index (κ2) is 10.1. The fourth-order valence-corrected chi connectivity index (χ4v) is 8.45. The van der Waals surface area contributed by atoms with Gasteiger partial charge in [0.2, 0.25) is 21.9 Å². The van der Waals surface area contributed by atoms with Crippen molar-refractivity contribution < 1.29 is 13.2 Å². The Morgan fingerprint density at radius 3 is 2.35 bits per heavy atom. The lowest BCUT2D eigenvalue weighted by atomic mass is 9.92. The van der Waals surface area contributed by atoms with E-state index in [-0.39, 0.29) is 35.8 Å². The van der Waals surface area contributed by atoms with Gasteiger partial charge < -0.3 is 9.80 Å². The van der Waals surface area contributed by atoms with Gasteiger partial charge in [0.15, 0.2) is 0 Å². The third kappa shape index (κ3) is 4.99. The SMILES string of the molecule is Cc1sc2ncn(CC(=O)N3C[C@H](C)C[C@@H](C)C3)c(=O)c2c1S(=O)(=O)N1CCN(c2ncccn2)CC1. The number of sulfonamides is 1. The first kappa shape index (κ1) is 25.7. The molecular formula is C24H31N7O4S2. The van der Waals surface area contributed by atoms with Crippen LogP contribution in [0.4, 0.5) is 5.95 Å². The smallest absolute Gasteiger partial charge is 0.263 e. The zero-order valence-electron chi connectivity index (χ0n) is 21.2. The molecule has 5 heterocycles. The van der Waals surface area contributed by atoms with E-state index in [0.29, 0.717) is 53.7 Å². The van der Waals surface area contributed by atoms with Crippen molar-refractivity contribution in [1.82, 2.24) is 28.7 Å². The molecule has 2 aliphatic rings. The van der Waals surface area contributed by atoms with Crippen molar-refractivity contribution in [2.75, 3.05) is 44.2 Å². The van der Waals surface area contributed by atoms with E-state index >= 15 is 0 Å². The highest BCUT2D eigenvalue weighted by Gasteiger charge is 2.34. The third-order valence-electron chi connectivity index (χ3n) is 7.00. The predicted octanol–water partition coefficient (Wildman–Crippen LogP) is 1.57. The summed E-state index contributed by atoms with van der Waals surface area (Å²) in [6.45, 7) is 8.45. The lowest BCUT2D eigenvalue weighted by molar-refractivity contribution is -0.134. The molecule has 0 N–H and O–H groups in total. The topological polar surface area (TPSA) is 122 Å². The summed E-state index contributed by atoms with van der Waals surface area (Å²) in [6.07, 6.45) is 5.73. The number of thiophene rings is 1. The first-order valence-electron chi connectivity index (χ1n) is 12.4. The van der Waals surface area contributed by atoms with Crippen LogP contribution >= 0.6 is 11.3 Å². The zero-order chi connectivity index (χ0) is 26.3. The monoisotopic (exact) mass is 545 g/mol. The Labute approximate surface area is 219 Å². The highest BCUT2D eigenvalue weighted by atomic mass is 32.2. The minimum atomic E-state index is -3.96. The maximum Gasteiger partial charge on any atom is 0.263 e. The van der Waals surface area contributed by atoms with Crippen LogP contribution in [0.5, 0.6) is 0 Å². The summed E-state index contributed by atoms with van der Waals surface area (Å²) in [4.78, 5) is 44.0. The summed E-state index contributed by atoms with van der Waals surface area (Å²) in [5.74, 6) is 1.20. The van der Waals surface area contributed by atoms with Crippen LogP contribution in [0.2, 0.25) is 0 Å². The number of piperazine rings is 1. The standard InChI is InChI=1S/C24H31N7O4S2/c1-16-11-17(2)13-29(12-16)19(32)14-30-15-27-22-20(23(30)33)21(18(3)36-22)37(34,35)31-9-7-28(8-10-31)24-25-5-4-6-26-24/h4-6,15-17H,7-14H2,1-3H3/t16-,17-/m1/s1. The van der Waals surface area contributed by atoms with Crippen LogP contribution in [0, 0.1) is 18.8 Å². The van der Waals surface area contributed by atoms with Crippen molar-refractivity contribution in [1.29, 1.82) is 0 Å². The lowest BCUT2D eigenvalue weighted by Gasteiger charge is -2.35. The van der Waals surface area contributed by atoms with Gasteiger partial charge in [0.05, 0.1) is 11.7 Å². The van der Waals surface area contributed by atoms with Crippen molar-refractivity contribution in [2.45, 2.75) is 38.6 Å². The Morgan fingerprint density at radius 2 is 1.70 bits per heavy atom. The molecule has 0 aromatic carbocycles. The summed E-state index contributed by atoms with van der Waals surface area (Å²) < 4.78 is 30.2. The van der Waals surface area contributed by atoms with Crippen molar-refractivity contribution in [3.63, 3.8) is 0 Å². The second-order valence-electron chi connectivity index (χ2n) is 10.0. The van der Waals surface area contributed by atoms with Gasteiger partial charge in [-0.2, -0.15) is 4.31 Å². The van der Waals surface area contributed by atoms with Crippen LogP contribution in [0.25, 0.3) is 10.2 Å². The predicted molar refractivity (Wildman–Crippen MR) is 141 cm³/mol. The number of amides is 1. The number of rotatable bonds is 5. The van der Waals surface area contributed by atoms with E-state index in [1.165, 1.54) is 26.5 Å². The van der Waals surface area contributed by atoms with Gasteiger partial charge in [0.25, 0.3) is 5.56 Å². The maximum absolute atomic E-state index is 13.8. The molecule has 0 bridgehead atoms. The van der Waals surface area contributed by atoms with Crippen molar-refractivity contribution in [3.05, 3.63) is 40.0 Å². The maximum atomic E-state index is 13.8. The van der Waals surface area contributed by atoms with Crippen LogP contribution in [-0.2, 0) is 21.4 Å². The zero-order valence-corrected chi connectivity index (χ0v) is 22.8. The molecule has 3 aromatic heterocycles. The molecule has 198 valence electrons. The van der Waals surface area contributed by atoms with Crippen molar-refractivity contribution in [2.24, 2.45) is 11.8 Å². The molecular weight excluding hydrogens is 514 g/mol. The molecule has 37 heavy (non-hydrogen) atoms. The van der Waals surface area contributed by atoms with Crippen LogP contribution in [-0.4, -0.2) is 82.3 Å². The first-order chi connectivity index (χ1) is 17.6. The molecule has 3 aromatic rings. The number of likely N-dealkylation sites (tertiary alicyclic amines) is 1. The normalized spacial score (nSPS) is 21.5. The molecule has 13 heteroatoms. The number of carbonyl (C=O) groups excluding carboxylic acids is 1. The molecule has 5 rings (SSSR count). The Balaban J connectivity index is 1.41. The van der Waals surface area contributed by atoms with Gasteiger partial charge in [-0.1, -0.05) is 13.8 Å². The molecule has 2 aliphatic heterocycles. The lowest BCUT2D eigenvalue weighted by Crippen LogP contribution is -2.49. The third-order valence-corrected chi connectivity index (χ3v) is 10.2. The van der Waals surface area contributed by atoms with Gasteiger partial charge in [-0.15, -0.1) is 11.3 Å². The van der Waals surface area contributed by atoms with Crippen LogP contribution in [0.15, 0.2) is 34.5 Å². The van der Waals surface area contributed by atoms with Gasteiger partial charge >= 0.3 is 0 Å². The molecule has 0 unspecified atom stereocenters. The molecule has 2 fully saturated rings. The van der Waals surface area contributed by atoms with E-state index in [0.717, 1.165) is 6.42 Å². The molecule has 0 radical (unpaired) electrons. The van der Waals surface area contributed by atoms with Crippen molar-refractivity contribution >= 4 is 43.4 Å². The Hall–Kier alpha value is -2.90. The number of piperidine rings is 1.